The number of ketones is 1. The van der Waals surface area contributed by atoms with Gasteiger partial charge in [0.1, 0.15) is 17.5 Å². The zero-order chi connectivity index (χ0) is 21.6. The van der Waals surface area contributed by atoms with Crippen molar-refractivity contribution in [3.63, 3.8) is 0 Å². The highest BCUT2D eigenvalue weighted by atomic mass is 35.5. The second-order valence-electron chi connectivity index (χ2n) is 7.53. The molecule has 2 aliphatic rings. The van der Waals surface area contributed by atoms with Gasteiger partial charge in [0.2, 0.25) is 0 Å². The lowest BCUT2D eigenvalue weighted by atomic mass is 9.83. The number of hydrogen-bond donors (Lipinski definition) is 1. The van der Waals surface area contributed by atoms with Crippen molar-refractivity contribution in [1.29, 1.82) is 0 Å². The van der Waals surface area contributed by atoms with Crippen LogP contribution in [-0.4, -0.2) is 36.4 Å². The van der Waals surface area contributed by atoms with Crippen LogP contribution in [0.5, 0.6) is 5.75 Å². The van der Waals surface area contributed by atoms with Gasteiger partial charge in [-0.05, 0) is 36.6 Å². The SMILES string of the molecule is COc1cnc(C(=O)Cc2ccc(Cl)c([C@@]3(C(F)F)N=C(N)O[C@@H]4C[C@@H]43)c2)c(C)c1. The molecule has 1 aromatic heterocycles. The lowest BCUT2D eigenvalue weighted by Crippen LogP contribution is -2.43. The molecule has 0 saturated heterocycles. The molecule has 9 heteroatoms. The molecule has 2 N–H and O–H groups in total. The summed E-state index contributed by atoms with van der Waals surface area (Å²) in [5.74, 6) is -0.210. The predicted molar refractivity (Wildman–Crippen MR) is 107 cm³/mol. The Bertz CT molecular complexity index is 1050. The second-order valence-corrected chi connectivity index (χ2v) is 7.94. The summed E-state index contributed by atoms with van der Waals surface area (Å²) < 4.78 is 39.0. The summed E-state index contributed by atoms with van der Waals surface area (Å²) in [4.78, 5) is 21.0. The van der Waals surface area contributed by atoms with E-state index in [0.717, 1.165) is 0 Å². The molecule has 1 aliphatic carbocycles. The number of nitrogens with zero attached hydrogens (tertiary/aromatic N) is 2. The van der Waals surface area contributed by atoms with Gasteiger partial charge in [-0.1, -0.05) is 23.7 Å². The number of benzene rings is 1. The van der Waals surface area contributed by atoms with Crippen LogP contribution in [0.15, 0.2) is 35.5 Å². The van der Waals surface area contributed by atoms with Crippen molar-refractivity contribution >= 4 is 23.4 Å². The molecule has 2 heterocycles. The quantitative estimate of drug-likeness (QED) is 0.699. The van der Waals surface area contributed by atoms with Crippen LogP contribution >= 0.6 is 11.6 Å². The number of pyridine rings is 1. The van der Waals surface area contributed by atoms with E-state index in [-0.39, 0.29) is 28.8 Å². The summed E-state index contributed by atoms with van der Waals surface area (Å²) in [5, 5.41) is 0.148. The molecule has 0 spiro atoms. The number of methoxy groups -OCH3 is 1. The lowest BCUT2D eigenvalue weighted by Gasteiger charge is -2.33. The number of aromatic nitrogens is 1. The Morgan fingerprint density at radius 2 is 2.20 bits per heavy atom. The normalized spacial score (nSPS) is 24.7. The summed E-state index contributed by atoms with van der Waals surface area (Å²) in [6, 6.07) is 6.11. The van der Waals surface area contributed by atoms with E-state index in [2.05, 4.69) is 9.98 Å². The van der Waals surface area contributed by atoms with Crippen LogP contribution in [0, 0.1) is 12.8 Å². The number of fused-ring (bicyclic) bond motifs is 1. The maximum atomic E-state index is 14.3. The van der Waals surface area contributed by atoms with Crippen molar-refractivity contribution in [3.8, 4) is 5.75 Å². The number of carbonyl (C=O) groups excluding carboxylic acids is 1. The zero-order valence-electron chi connectivity index (χ0n) is 16.4. The van der Waals surface area contributed by atoms with Gasteiger partial charge in [-0.2, -0.15) is 0 Å². The molecular weight excluding hydrogens is 416 g/mol. The monoisotopic (exact) mass is 435 g/mol. The number of rotatable bonds is 6. The third-order valence-electron chi connectivity index (χ3n) is 5.58. The minimum atomic E-state index is -2.83. The molecule has 0 radical (unpaired) electrons. The van der Waals surface area contributed by atoms with Gasteiger partial charge >= 0.3 is 0 Å². The van der Waals surface area contributed by atoms with Crippen molar-refractivity contribution in [2.75, 3.05) is 7.11 Å². The number of aliphatic imine (C=N–C) groups is 1. The Kier molecular flexibility index (Phi) is 5.13. The first-order valence-corrected chi connectivity index (χ1v) is 9.77. The van der Waals surface area contributed by atoms with Crippen molar-refractivity contribution in [3.05, 3.63) is 57.9 Å². The molecular formula is C21H20ClF2N3O3. The third kappa shape index (κ3) is 3.39. The highest BCUT2D eigenvalue weighted by molar-refractivity contribution is 6.31. The molecule has 4 rings (SSSR count). The molecule has 0 amide bonds. The Hall–Kier alpha value is -2.74. The Labute approximate surface area is 177 Å². The van der Waals surface area contributed by atoms with E-state index in [1.807, 2.05) is 0 Å². The number of hydrogen-bond acceptors (Lipinski definition) is 6. The average molecular weight is 436 g/mol. The van der Waals surface area contributed by atoms with Gasteiger partial charge in [0, 0.05) is 22.9 Å². The lowest BCUT2D eigenvalue weighted by molar-refractivity contribution is 0.0196. The molecule has 3 atom stereocenters. The second kappa shape index (κ2) is 7.50. The molecule has 0 unspecified atom stereocenters. The number of nitrogens with two attached hydrogens (primary N) is 1. The largest absolute Gasteiger partial charge is 0.495 e. The van der Waals surface area contributed by atoms with Crippen molar-refractivity contribution < 1.29 is 23.0 Å². The predicted octanol–water partition coefficient (Wildman–Crippen LogP) is 3.67. The van der Waals surface area contributed by atoms with E-state index in [1.165, 1.54) is 25.4 Å². The number of halogens is 3. The topological polar surface area (TPSA) is 86.8 Å². The highest BCUT2D eigenvalue weighted by Gasteiger charge is 2.64. The maximum Gasteiger partial charge on any atom is 0.283 e. The number of ether oxygens (including phenoxy) is 2. The van der Waals surface area contributed by atoms with E-state index in [4.69, 9.17) is 26.8 Å². The third-order valence-corrected chi connectivity index (χ3v) is 5.91. The van der Waals surface area contributed by atoms with Crippen molar-refractivity contribution in [2.24, 2.45) is 16.6 Å². The number of Topliss-reactive ketones (excluding diaryl/α,β-unsaturated/α-hetero) is 1. The Morgan fingerprint density at radius 1 is 1.43 bits per heavy atom. The smallest absolute Gasteiger partial charge is 0.283 e. The van der Waals surface area contributed by atoms with Crippen LogP contribution in [0.25, 0.3) is 0 Å². The molecule has 1 aliphatic heterocycles. The van der Waals surface area contributed by atoms with E-state index in [9.17, 15) is 13.6 Å². The van der Waals surface area contributed by atoms with Gasteiger partial charge in [-0.15, -0.1) is 0 Å². The Balaban J connectivity index is 1.69. The molecule has 1 fully saturated rings. The first-order chi connectivity index (χ1) is 14.3. The van der Waals surface area contributed by atoms with Crippen LogP contribution in [0.2, 0.25) is 5.02 Å². The van der Waals surface area contributed by atoms with E-state index >= 15 is 0 Å². The van der Waals surface area contributed by atoms with E-state index in [0.29, 0.717) is 29.0 Å². The summed E-state index contributed by atoms with van der Waals surface area (Å²) in [6.07, 6.45) is -1.37. The average Bonchev–Trinajstić information content (AvgIpc) is 3.48. The van der Waals surface area contributed by atoms with Gasteiger partial charge in [0.15, 0.2) is 11.3 Å². The standard InChI is InChI=1S/C21H20ClF2N3O3/c1-10-5-12(29-2)9-26-18(10)16(28)7-11-3-4-15(22)13(6-11)21(19(23)24)14-8-17(14)30-20(25)27-21/h3-6,9,14,17,19H,7-8H2,1-2H3,(H2,25,27)/t14-,17+,21+/m0/s1. The fraction of sp³-hybridized carbons (Fsp3) is 0.381. The maximum absolute atomic E-state index is 14.3. The van der Waals surface area contributed by atoms with E-state index < -0.39 is 24.0 Å². The van der Waals surface area contributed by atoms with Gasteiger partial charge in [-0.25, -0.2) is 18.8 Å². The van der Waals surface area contributed by atoms with Crippen LogP contribution in [-0.2, 0) is 16.7 Å². The first kappa shape index (κ1) is 20.5. The highest BCUT2D eigenvalue weighted by Crippen LogP contribution is 2.56. The fourth-order valence-corrected chi connectivity index (χ4v) is 4.28. The molecule has 158 valence electrons. The summed E-state index contributed by atoms with van der Waals surface area (Å²) in [7, 11) is 1.52. The van der Waals surface area contributed by atoms with E-state index in [1.54, 1.807) is 19.1 Å². The molecule has 1 aromatic carbocycles. The molecule has 0 bridgehead atoms. The van der Waals surface area contributed by atoms with Crippen molar-refractivity contribution in [1.82, 2.24) is 4.98 Å². The number of aryl methyl sites for hydroxylation is 1. The fourth-order valence-electron chi connectivity index (χ4n) is 4.01. The van der Waals surface area contributed by atoms with Gasteiger partial charge < -0.3 is 15.2 Å². The van der Waals surface area contributed by atoms with Crippen LogP contribution in [0.3, 0.4) is 0 Å². The van der Waals surface area contributed by atoms with Gasteiger partial charge in [0.25, 0.3) is 12.4 Å². The number of carbonyl (C=O) groups is 1. The molecule has 1 saturated carbocycles. The molecule has 2 aromatic rings. The van der Waals surface area contributed by atoms with Crippen molar-refractivity contribution in [2.45, 2.75) is 37.8 Å². The van der Waals surface area contributed by atoms with Gasteiger partial charge in [0.05, 0.1) is 13.3 Å². The van der Waals surface area contributed by atoms with Crippen LogP contribution in [0.4, 0.5) is 8.78 Å². The Morgan fingerprint density at radius 3 is 2.87 bits per heavy atom. The van der Waals surface area contributed by atoms with Crippen LogP contribution < -0.4 is 10.5 Å². The summed E-state index contributed by atoms with van der Waals surface area (Å²) in [6.45, 7) is 1.76. The summed E-state index contributed by atoms with van der Waals surface area (Å²) >= 11 is 6.31. The number of amidine groups is 1. The first-order valence-electron chi connectivity index (χ1n) is 9.39. The summed E-state index contributed by atoms with van der Waals surface area (Å²) in [5.41, 5.74) is 5.44. The van der Waals surface area contributed by atoms with Gasteiger partial charge in [-0.3, -0.25) is 4.79 Å². The minimum absolute atomic E-state index is 0.0204. The minimum Gasteiger partial charge on any atom is -0.495 e. The number of alkyl halides is 2. The van der Waals surface area contributed by atoms with Crippen LogP contribution in [0.1, 0.15) is 33.6 Å². The zero-order valence-corrected chi connectivity index (χ0v) is 17.1. The molecule has 6 nitrogen and oxygen atoms in total. The molecule has 30 heavy (non-hydrogen) atoms.